The maximum atomic E-state index is 11.5. The van der Waals surface area contributed by atoms with Gasteiger partial charge in [-0.15, -0.1) is 0 Å². The third kappa shape index (κ3) is 2.95. The summed E-state index contributed by atoms with van der Waals surface area (Å²) in [6, 6.07) is 0. The average molecular weight is 220 g/mol. The SMILES string of the molecule is CS(=O)(=O)NC(=O)C1(N)CCCCC1. The quantitative estimate of drug-likeness (QED) is 0.670. The molecular formula is C8H16N2O3S. The van der Waals surface area contributed by atoms with Crippen molar-refractivity contribution < 1.29 is 13.2 Å². The summed E-state index contributed by atoms with van der Waals surface area (Å²) in [5, 5.41) is 0. The van der Waals surface area contributed by atoms with Crippen molar-refractivity contribution in [1.82, 2.24) is 4.72 Å². The highest BCUT2D eigenvalue weighted by Gasteiger charge is 2.36. The molecule has 5 nitrogen and oxygen atoms in total. The summed E-state index contributed by atoms with van der Waals surface area (Å²) in [6.45, 7) is 0. The molecule has 6 heteroatoms. The third-order valence-corrected chi connectivity index (χ3v) is 3.03. The van der Waals surface area contributed by atoms with Crippen LogP contribution >= 0.6 is 0 Å². The van der Waals surface area contributed by atoms with E-state index in [1.165, 1.54) is 0 Å². The molecule has 1 aliphatic carbocycles. The molecule has 0 spiro atoms. The highest BCUT2D eigenvalue weighted by Crippen LogP contribution is 2.25. The molecule has 1 saturated carbocycles. The first-order chi connectivity index (χ1) is 6.33. The van der Waals surface area contributed by atoms with Crippen LogP contribution in [-0.2, 0) is 14.8 Å². The summed E-state index contributed by atoms with van der Waals surface area (Å²) in [5.41, 5.74) is 4.85. The normalized spacial score (nSPS) is 21.6. The number of rotatable bonds is 2. The van der Waals surface area contributed by atoms with Crippen molar-refractivity contribution in [3.63, 3.8) is 0 Å². The number of hydrogen-bond donors (Lipinski definition) is 2. The summed E-state index contributed by atoms with van der Waals surface area (Å²) in [6.07, 6.45) is 4.91. The molecule has 0 aromatic carbocycles. The second-order valence-corrected chi connectivity index (χ2v) is 5.67. The van der Waals surface area contributed by atoms with Gasteiger partial charge in [0.25, 0.3) is 5.91 Å². The standard InChI is InChI=1S/C8H16N2O3S/c1-14(12,13)10-7(11)8(9)5-3-2-4-6-8/h2-6,9H2,1H3,(H,10,11). The number of amides is 1. The third-order valence-electron chi connectivity index (χ3n) is 2.48. The van der Waals surface area contributed by atoms with E-state index in [9.17, 15) is 13.2 Å². The van der Waals surface area contributed by atoms with Gasteiger partial charge in [0.05, 0.1) is 11.8 Å². The van der Waals surface area contributed by atoms with Crippen molar-refractivity contribution in [2.24, 2.45) is 5.73 Å². The van der Waals surface area contributed by atoms with Gasteiger partial charge in [0, 0.05) is 0 Å². The Kier molecular flexibility index (Phi) is 3.16. The lowest BCUT2D eigenvalue weighted by Crippen LogP contribution is -2.55. The Bertz CT molecular complexity index is 317. The first-order valence-corrected chi connectivity index (χ1v) is 6.54. The highest BCUT2D eigenvalue weighted by atomic mass is 32.2. The summed E-state index contributed by atoms with van der Waals surface area (Å²) >= 11 is 0. The molecule has 1 amide bonds. The smallest absolute Gasteiger partial charge is 0.253 e. The number of hydrogen-bond acceptors (Lipinski definition) is 4. The van der Waals surface area contributed by atoms with Gasteiger partial charge in [-0.3, -0.25) is 9.52 Å². The first kappa shape index (κ1) is 11.5. The summed E-state index contributed by atoms with van der Waals surface area (Å²) in [4.78, 5) is 11.5. The summed E-state index contributed by atoms with van der Waals surface area (Å²) < 4.78 is 23.6. The van der Waals surface area contributed by atoms with Crippen molar-refractivity contribution >= 4 is 15.9 Å². The molecule has 0 aliphatic heterocycles. The van der Waals surface area contributed by atoms with Gasteiger partial charge >= 0.3 is 0 Å². The van der Waals surface area contributed by atoms with Crippen molar-refractivity contribution in [1.29, 1.82) is 0 Å². The number of sulfonamides is 1. The number of nitrogens with two attached hydrogens (primary N) is 1. The zero-order chi connectivity index (χ0) is 10.8. The Morgan fingerprint density at radius 1 is 1.29 bits per heavy atom. The Morgan fingerprint density at radius 2 is 1.79 bits per heavy atom. The minimum Gasteiger partial charge on any atom is -0.317 e. The van der Waals surface area contributed by atoms with Crippen LogP contribution in [0.3, 0.4) is 0 Å². The molecule has 0 unspecified atom stereocenters. The maximum absolute atomic E-state index is 11.5. The lowest BCUT2D eigenvalue weighted by Gasteiger charge is -2.31. The molecule has 0 aromatic heterocycles. The van der Waals surface area contributed by atoms with Gasteiger partial charge in [-0.2, -0.15) is 0 Å². The predicted octanol–water partition coefficient (Wildman–Crippen LogP) is -0.276. The largest absolute Gasteiger partial charge is 0.317 e. The second-order valence-electron chi connectivity index (χ2n) is 3.92. The zero-order valence-corrected chi connectivity index (χ0v) is 9.06. The maximum Gasteiger partial charge on any atom is 0.253 e. The average Bonchev–Trinajstić information content (AvgIpc) is 2.02. The van der Waals surface area contributed by atoms with Gasteiger partial charge in [-0.05, 0) is 12.8 Å². The van der Waals surface area contributed by atoms with Gasteiger partial charge in [-0.1, -0.05) is 19.3 Å². The molecule has 1 rings (SSSR count). The molecule has 0 saturated heterocycles. The zero-order valence-electron chi connectivity index (χ0n) is 8.25. The van der Waals surface area contributed by atoms with Crippen LogP contribution in [0.2, 0.25) is 0 Å². The van der Waals surface area contributed by atoms with Crippen LogP contribution in [0.4, 0.5) is 0 Å². The minimum absolute atomic E-state index is 0.564. The first-order valence-electron chi connectivity index (χ1n) is 4.65. The van der Waals surface area contributed by atoms with E-state index in [0.29, 0.717) is 12.8 Å². The lowest BCUT2D eigenvalue weighted by molar-refractivity contribution is -0.125. The fourth-order valence-corrected chi connectivity index (χ4v) is 2.22. The van der Waals surface area contributed by atoms with Crippen LogP contribution in [0.15, 0.2) is 0 Å². The van der Waals surface area contributed by atoms with E-state index in [1.807, 2.05) is 4.72 Å². The number of carbonyl (C=O) groups excluding carboxylic acids is 1. The molecule has 14 heavy (non-hydrogen) atoms. The van der Waals surface area contributed by atoms with E-state index in [4.69, 9.17) is 5.73 Å². The molecule has 0 bridgehead atoms. The summed E-state index contributed by atoms with van der Waals surface area (Å²) in [5.74, 6) is -0.570. The van der Waals surface area contributed by atoms with Gasteiger partial charge in [0.1, 0.15) is 0 Å². The Morgan fingerprint density at radius 3 is 2.21 bits per heavy atom. The lowest BCUT2D eigenvalue weighted by atomic mass is 9.82. The highest BCUT2D eigenvalue weighted by molar-refractivity contribution is 7.89. The molecular weight excluding hydrogens is 204 g/mol. The molecule has 0 atom stereocenters. The number of carbonyl (C=O) groups is 1. The molecule has 0 radical (unpaired) electrons. The Labute approximate surface area is 84.1 Å². The van der Waals surface area contributed by atoms with Crippen molar-refractivity contribution in [3.8, 4) is 0 Å². The molecule has 0 aromatic rings. The van der Waals surface area contributed by atoms with E-state index in [1.54, 1.807) is 0 Å². The fraction of sp³-hybridized carbons (Fsp3) is 0.875. The molecule has 1 aliphatic rings. The van der Waals surface area contributed by atoms with Gasteiger partial charge in [0.15, 0.2) is 0 Å². The predicted molar refractivity (Wildman–Crippen MR) is 53.0 cm³/mol. The monoisotopic (exact) mass is 220 g/mol. The van der Waals surface area contributed by atoms with E-state index in [-0.39, 0.29) is 0 Å². The summed E-state index contributed by atoms with van der Waals surface area (Å²) in [7, 11) is -3.49. The van der Waals surface area contributed by atoms with Crippen LogP contribution in [0.5, 0.6) is 0 Å². The molecule has 0 heterocycles. The van der Waals surface area contributed by atoms with Crippen molar-refractivity contribution in [2.45, 2.75) is 37.6 Å². The van der Waals surface area contributed by atoms with Crippen molar-refractivity contribution in [2.75, 3.05) is 6.26 Å². The van der Waals surface area contributed by atoms with Gasteiger partial charge < -0.3 is 5.73 Å². The minimum atomic E-state index is -3.49. The number of nitrogens with one attached hydrogen (secondary N) is 1. The topological polar surface area (TPSA) is 89.3 Å². The van der Waals surface area contributed by atoms with Gasteiger partial charge in [0.2, 0.25) is 10.0 Å². The van der Waals surface area contributed by atoms with Crippen LogP contribution in [0.25, 0.3) is 0 Å². The second kappa shape index (κ2) is 3.86. The van der Waals surface area contributed by atoms with E-state index >= 15 is 0 Å². The van der Waals surface area contributed by atoms with Crippen LogP contribution < -0.4 is 10.5 Å². The molecule has 3 N–H and O–H groups in total. The van der Waals surface area contributed by atoms with Crippen LogP contribution in [0.1, 0.15) is 32.1 Å². The van der Waals surface area contributed by atoms with E-state index in [0.717, 1.165) is 25.5 Å². The van der Waals surface area contributed by atoms with Gasteiger partial charge in [-0.25, -0.2) is 8.42 Å². The van der Waals surface area contributed by atoms with Crippen molar-refractivity contribution in [3.05, 3.63) is 0 Å². The Hall–Kier alpha value is -0.620. The molecule has 1 fully saturated rings. The fourth-order valence-electron chi connectivity index (χ4n) is 1.68. The molecule has 82 valence electrons. The van der Waals surface area contributed by atoms with Crippen LogP contribution in [0, 0.1) is 0 Å². The van der Waals surface area contributed by atoms with E-state index in [2.05, 4.69) is 0 Å². The van der Waals surface area contributed by atoms with E-state index < -0.39 is 21.5 Å². The Balaban J connectivity index is 2.67. The van der Waals surface area contributed by atoms with Crippen LogP contribution in [-0.4, -0.2) is 26.1 Å².